The zero-order valence-electron chi connectivity index (χ0n) is 12.3. The first kappa shape index (κ1) is 15.5. The summed E-state index contributed by atoms with van der Waals surface area (Å²) in [5.74, 6) is 0.506. The number of nitrogens with one attached hydrogen (secondary N) is 2. The number of benzene rings is 1. The highest BCUT2D eigenvalue weighted by Crippen LogP contribution is 2.20. The van der Waals surface area contributed by atoms with Gasteiger partial charge in [-0.3, -0.25) is 0 Å². The van der Waals surface area contributed by atoms with E-state index in [4.69, 9.17) is 0 Å². The molecule has 2 N–H and O–H groups in total. The molecule has 0 spiro atoms. The summed E-state index contributed by atoms with van der Waals surface area (Å²) in [6.45, 7) is 5.79. The number of amides is 2. The van der Waals surface area contributed by atoms with Gasteiger partial charge in [0.2, 0.25) is 0 Å². The molecule has 0 aliphatic heterocycles. The summed E-state index contributed by atoms with van der Waals surface area (Å²) in [7, 11) is 3.48. The predicted molar refractivity (Wildman–Crippen MR) is 79.1 cm³/mol. The zero-order chi connectivity index (χ0) is 14.3. The summed E-state index contributed by atoms with van der Waals surface area (Å²) in [6, 6.07) is 10.7. The Morgan fingerprint density at radius 3 is 2.32 bits per heavy atom. The quantitative estimate of drug-likeness (QED) is 0.773. The van der Waals surface area contributed by atoms with E-state index < -0.39 is 0 Å². The van der Waals surface area contributed by atoms with E-state index in [1.807, 2.05) is 6.07 Å². The summed E-state index contributed by atoms with van der Waals surface area (Å²) in [5.41, 5.74) is 1.29. The fourth-order valence-electron chi connectivity index (χ4n) is 1.95. The second kappa shape index (κ2) is 7.79. The number of rotatable bonds is 6. The normalized spacial score (nSPS) is 12.3. The maximum absolute atomic E-state index is 11.4. The topological polar surface area (TPSA) is 44.4 Å². The maximum atomic E-state index is 11.4. The van der Waals surface area contributed by atoms with Crippen LogP contribution < -0.4 is 10.6 Å². The highest BCUT2D eigenvalue weighted by atomic mass is 16.2. The molecule has 0 heterocycles. The molecule has 1 rings (SSSR count). The van der Waals surface area contributed by atoms with Crippen molar-refractivity contribution in [3.63, 3.8) is 0 Å². The van der Waals surface area contributed by atoms with E-state index in [0.717, 1.165) is 6.54 Å². The van der Waals surface area contributed by atoms with Gasteiger partial charge < -0.3 is 15.5 Å². The largest absolute Gasteiger partial charge is 0.337 e. The van der Waals surface area contributed by atoms with Crippen LogP contribution in [0.1, 0.15) is 25.5 Å². The molecule has 1 atom stereocenters. The molecule has 0 radical (unpaired) electrons. The molecule has 0 aliphatic carbocycles. The predicted octanol–water partition coefficient (Wildman–Crippen LogP) is 2.24. The molecular formula is C15H25N3O. The van der Waals surface area contributed by atoms with Crippen LogP contribution >= 0.6 is 0 Å². The third kappa shape index (κ3) is 5.30. The van der Waals surface area contributed by atoms with Crippen LogP contribution in [-0.4, -0.2) is 38.1 Å². The lowest BCUT2D eigenvalue weighted by Gasteiger charge is -2.23. The Morgan fingerprint density at radius 1 is 1.16 bits per heavy atom. The highest BCUT2D eigenvalue weighted by Gasteiger charge is 2.14. The molecule has 19 heavy (non-hydrogen) atoms. The van der Waals surface area contributed by atoms with Gasteiger partial charge in [0.05, 0.1) is 0 Å². The van der Waals surface area contributed by atoms with Crippen molar-refractivity contribution in [2.24, 2.45) is 5.92 Å². The van der Waals surface area contributed by atoms with Crippen LogP contribution in [0, 0.1) is 5.92 Å². The second-order valence-corrected chi connectivity index (χ2v) is 5.21. The first-order valence-electron chi connectivity index (χ1n) is 6.76. The standard InChI is InChI=1S/C15H25N3O/c1-12(2)14(13-8-6-5-7-9-13)16-10-11-17-15(19)18(3)4/h5-9,12,14,16H,10-11H2,1-4H3,(H,17,19). The summed E-state index contributed by atoms with van der Waals surface area (Å²) in [5, 5.41) is 6.35. The van der Waals surface area contributed by atoms with Gasteiger partial charge in [0.1, 0.15) is 0 Å². The smallest absolute Gasteiger partial charge is 0.316 e. The van der Waals surface area contributed by atoms with Crippen LogP contribution in [0.5, 0.6) is 0 Å². The molecule has 4 heteroatoms. The van der Waals surface area contributed by atoms with E-state index in [1.54, 1.807) is 14.1 Å². The van der Waals surface area contributed by atoms with Gasteiger partial charge in [-0.1, -0.05) is 44.2 Å². The lowest BCUT2D eigenvalue weighted by Crippen LogP contribution is -2.39. The maximum Gasteiger partial charge on any atom is 0.316 e. The van der Waals surface area contributed by atoms with Crippen molar-refractivity contribution in [2.75, 3.05) is 27.2 Å². The fraction of sp³-hybridized carbons (Fsp3) is 0.533. The van der Waals surface area contributed by atoms with E-state index in [9.17, 15) is 4.79 Å². The lowest BCUT2D eigenvalue weighted by atomic mass is 9.96. The number of nitrogens with zero attached hydrogens (tertiary/aromatic N) is 1. The molecular weight excluding hydrogens is 238 g/mol. The highest BCUT2D eigenvalue weighted by molar-refractivity contribution is 5.73. The summed E-state index contributed by atoms with van der Waals surface area (Å²) >= 11 is 0. The second-order valence-electron chi connectivity index (χ2n) is 5.21. The van der Waals surface area contributed by atoms with Gasteiger partial charge in [-0.25, -0.2) is 4.79 Å². The van der Waals surface area contributed by atoms with Gasteiger partial charge in [0.15, 0.2) is 0 Å². The van der Waals surface area contributed by atoms with Crippen molar-refractivity contribution in [3.05, 3.63) is 35.9 Å². The molecule has 0 bridgehead atoms. The van der Waals surface area contributed by atoms with E-state index >= 15 is 0 Å². The molecule has 0 saturated carbocycles. The monoisotopic (exact) mass is 263 g/mol. The number of urea groups is 1. The van der Waals surface area contributed by atoms with Crippen molar-refractivity contribution >= 4 is 6.03 Å². The van der Waals surface area contributed by atoms with Gasteiger partial charge in [-0.05, 0) is 11.5 Å². The Hall–Kier alpha value is -1.55. The van der Waals surface area contributed by atoms with E-state index in [2.05, 4.69) is 48.7 Å². The molecule has 1 aromatic carbocycles. The van der Waals surface area contributed by atoms with Crippen LogP contribution in [0.2, 0.25) is 0 Å². The van der Waals surface area contributed by atoms with E-state index in [0.29, 0.717) is 18.5 Å². The Labute approximate surface area is 116 Å². The molecule has 0 aliphatic rings. The average molecular weight is 263 g/mol. The van der Waals surface area contributed by atoms with Crippen LogP contribution in [0.15, 0.2) is 30.3 Å². The third-order valence-electron chi connectivity index (χ3n) is 3.00. The van der Waals surface area contributed by atoms with Gasteiger partial charge >= 0.3 is 6.03 Å². The van der Waals surface area contributed by atoms with Crippen LogP contribution in [0.3, 0.4) is 0 Å². The van der Waals surface area contributed by atoms with Crippen molar-refractivity contribution in [1.29, 1.82) is 0 Å². The molecule has 106 valence electrons. The van der Waals surface area contributed by atoms with E-state index in [1.165, 1.54) is 10.5 Å². The first-order valence-corrected chi connectivity index (χ1v) is 6.76. The molecule has 2 amide bonds. The van der Waals surface area contributed by atoms with Gasteiger partial charge in [0.25, 0.3) is 0 Å². The zero-order valence-corrected chi connectivity index (χ0v) is 12.3. The number of carbonyl (C=O) groups is 1. The number of hydrogen-bond acceptors (Lipinski definition) is 2. The molecule has 1 aromatic rings. The SMILES string of the molecule is CC(C)C(NCCNC(=O)N(C)C)c1ccccc1. The molecule has 0 fully saturated rings. The van der Waals surface area contributed by atoms with Crippen LogP contribution in [0.25, 0.3) is 0 Å². The minimum absolute atomic E-state index is 0.0531. The first-order chi connectivity index (χ1) is 9.02. The molecule has 0 saturated heterocycles. The summed E-state index contributed by atoms with van der Waals surface area (Å²) in [6.07, 6.45) is 0. The van der Waals surface area contributed by atoms with Gasteiger partial charge in [-0.2, -0.15) is 0 Å². The van der Waals surface area contributed by atoms with E-state index in [-0.39, 0.29) is 6.03 Å². The Kier molecular flexibility index (Phi) is 6.36. The minimum atomic E-state index is -0.0531. The fourth-order valence-corrected chi connectivity index (χ4v) is 1.95. The Bertz CT molecular complexity index is 376. The lowest BCUT2D eigenvalue weighted by molar-refractivity contribution is 0.217. The molecule has 0 aromatic heterocycles. The van der Waals surface area contributed by atoms with Gasteiger partial charge in [0, 0.05) is 33.2 Å². The van der Waals surface area contributed by atoms with Gasteiger partial charge in [-0.15, -0.1) is 0 Å². The van der Waals surface area contributed by atoms with Crippen LogP contribution in [0.4, 0.5) is 4.79 Å². The average Bonchev–Trinajstić information content (AvgIpc) is 2.38. The number of carbonyl (C=O) groups excluding carboxylic acids is 1. The van der Waals surface area contributed by atoms with Crippen molar-refractivity contribution in [3.8, 4) is 0 Å². The minimum Gasteiger partial charge on any atom is -0.337 e. The molecule has 1 unspecified atom stereocenters. The Balaban J connectivity index is 2.42. The third-order valence-corrected chi connectivity index (χ3v) is 3.00. The summed E-state index contributed by atoms with van der Waals surface area (Å²) < 4.78 is 0. The number of hydrogen-bond donors (Lipinski definition) is 2. The van der Waals surface area contributed by atoms with Crippen molar-refractivity contribution < 1.29 is 4.79 Å². The van der Waals surface area contributed by atoms with Crippen LogP contribution in [-0.2, 0) is 0 Å². The molecule has 4 nitrogen and oxygen atoms in total. The van der Waals surface area contributed by atoms with Crippen molar-refractivity contribution in [1.82, 2.24) is 15.5 Å². The van der Waals surface area contributed by atoms with Crippen molar-refractivity contribution in [2.45, 2.75) is 19.9 Å². The Morgan fingerprint density at radius 2 is 1.79 bits per heavy atom. The summed E-state index contributed by atoms with van der Waals surface area (Å²) in [4.78, 5) is 12.9.